The van der Waals surface area contributed by atoms with Crippen molar-refractivity contribution < 1.29 is 13.2 Å². The van der Waals surface area contributed by atoms with Crippen LogP contribution in [0, 0.1) is 0 Å². The number of nitrogens with one attached hydrogen (secondary N) is 1. The average molecular weight is 285 g/mol. The van der Waals surface area contributed by atoms with E-state index in [-0.39, 0.29) is 6.04 Å². The van der Waals surface area contributed by atoms with E-state index in [1.807, 2.05) is 6.92 Å². The first-order chi connectivity index (χ1) is 9.36. The molecule has 0 aliphatic carbocycles. The molecule has 0 fully saturated rings. The third kappa shape index (κ3) is 3.53. The Morgan fingerprint density at radius 3 is 2.55 bits per heavy atom. The van der Waals surface area contributed by atoms with E-state index in [1.54, 1.807) is 18.1 Å². The third-order valence-corrected chi connectivity index (χ3v) is 2.75. The second-order valence-corrected chi connectivity index (χ2v) is 4.41. The van der Waals surface area contributed by atoms with Crippen molar-refractivity contribution in [2.45, 2.75) is 25.7 Å². The van der Waals surface area contributed by atoms with Gasteiger partial charge in [0, 0.05) is 19.8 Å². The topological polar surface area (TPSA) is 55.6 Å². The minimum absolute atomic E-state index is 0.111. The van der Waals surface area contributed by atoms with Gasteiger partial charge in [0.15, 0.2) is 5.82 Å². The van der Waals surface area contributed by atoms with Crippen LogP contribution in [-0.4, -0.2) is 19.7 Å². The van der Waals surface area contributed by atoms with Crippen molar-refractivity contribution in [3.63, 3.8) is 0 Å². The number of rotatable bonds is 4. The number of halogens is 3. The van der Waals surface area contributed by atoms with Gasteiger partial charge in [-0.15, -0.1) is 0 Å². The van der Waals surface area contributed by atoms with Crippen molar-refractivity contribution in [1.82, 2.24) is 25.1 Å². The molecule has 2 aromatic heterocycles. The highest BCUT2D eigenvalue weighted by Gasteiger charge is 2.30. The van der Waals surface area contributed by atoms with Crippen LogP contribution in [0.5, 0.6) is 0 Å². The van der Waals surface area contributed by atoms with Gasteiger partial charge in [-0.2, -0.15) is 18.3 Å². The van der Waals surface area contributed by atoms with Gasteiger partial charge in [-0.1, -0.05) is 0 Å². The largest absolute Gasteiger partial charge is 0.417 e. The average Bonchev–Trinajstić information content (AvgIpc) is 2.82. The van der Waals surface area contributed by atoms with Crippen LogP contribution < -0.4 is 5.32 Å². The zero-order valence-corrected chi connectivity index (χ0v) is 11.0. The van der Waals surface area contributed by atoms with Crippen LogP contribution in [0.2, 0.25) is 0 Å². The van der Waals surface area contributed by atoms with Gasteiger partial charge >= 0.3 is 6.18 Å². The Morgan fingerprint density at radius 2 is 2.05 bits per heavy atom. The normalized spacial score (nSPS) is 13.4. The zero-order chi connectivity index (χ0) is 14.8. The van der Waals surface area contributed by atoms with Gasteiger partial charge in [-0.3, -0.25) is 9.67 Å². The molecule has 5 nitrogen and oxygen atoms in total. The fourth-order valence-corrected chi connectivity index (χ4v) is 1.60. The fraction of sp³-hybridized carbons (Fsp3) is 0.417. The number of nitrogens with zero attached hydrogens (tertiary/aromatic N) is 4. The predicted octanol–water partition coefficient (Wildman–Crippen LogP) is 2.08. The summed E-state index contributed by atoms with van der Waals surface area (Å²) in [6.07, 6.45) is -1.94. The summed E-state index contributed by atoms with van der Waals surface area (Å²) in [5.41, 5.74) is -0.221. The van der Waals surface area contributed by atoms with E-state index in [9.17, 15) is 13.2 Å². The van der Waals surface area contributed by atoms with Crippen LogP contribution in [0.25, 0.3) is 0 Å². The molecule has 2 heterocycles. The number of aryl methyl sites for hydroxylation is 1. The van der Waals surface area contributed by atoms with Crippen LogP contribution in [0.3, 0.4) is 0 Å². The first-order valence-corrected chi connectivity index (χ1v) is 5.97. The van der Waals surface area contributed by atoms with Crippen molar-refractivity contribution >= 4 is 0 Å². The molecule has 0 aliphatic rings. The van der Waals surface area contributed by atoms with Crippen molar-refractivity contribution in [3.05, 3.63) is 41.7 Å². The maximum atomic E-state index is 12.4. The van der Waals surface area contributed by atoms with Crippen LogP contribution in [0.4, 0.5) is 13.2 Å². The third-order valence-electron chi connectivity index (χ3n) is 2.75. The summed E-state index contributed by atoms with van der Waals surface area (Å²) in [5.74, 6) is 0.624. The van der Waals surface area contributed by atoms with Crippen molar-refractivity contribution in [3.8, 4) is 0 Å². The van der Waals surface area contributed by atoms with Gasteiger partial charge in [-0.25, -0.2) is 4.98 Å². The Balaban J connectivity index is 1.94. The zero-order valence-electron chi connectivity index (χ0n) is 11.0. The lowest BCUT2D eigenvalue weighted by atomic mass is 10.2. The molecule has 0 amide bonds. The summed E-state index contributed by atoms with van der Waals surface area (Å²) in [7, 11) is 1.76. The molecule has 1 N–H and O–H groups in total. The Labute approximate surface area is 113 Å². The molecule has 2 aromatic rings. The van der Waals surface area contributed by atoms with Gasteiger partial charge in [-0.05, 0) is 19.1 Å². The first kappa shape index (κ1) is 14.4. The van der Waals surface area contributed by atoms with E-state index in [2.05, 4.69) is 20.4 Å². The van der Waals surface area contributed by atoms with E-state index in [4.69, 9.17) is 0 Å². The quantitative estimate of drug-likeness (QED) is 0.934. The number of alkyl halides is 3. The summed E-state index contributed by atoms with van der Waals surface area (Å²) in [6, 6.07) is 2.27. The van der Waals surface area contributed by atoms with E-state index in [0.29, 0.717) is 18.1 Å². The molecule has 0 saturated heterocycles. The maximum absolute atomic E-state index is 12.4. The molecule has 20 heavy (non-hydrogen) atoms. The SMILES string of the molecule is CC(NCc1ccc(C(F)(F)F)cn1)c1ncn(C)n1. The van der Waals surface area contributed by atoms with Crippen LogP contribution in [-0.2, 0) is 19.8 Å². The first-order valence-electron chi connectivity index (χ1n) is 5.97. The minimum atomic E-state index is -4.36. The van der Waals surface area contributed by atoms with Crippen molar-refractivity contribution in [2.24, 2.45) is 7.05 Å². The summed E-state index contributed by atoms with van der Waals surface area (Å²) >= 11 is 0. The monoisotopic (exact) mass is 285 g/mol. The van der Waals surface area contributed by atoms with Crippen molar-refractivity contribution in [1.29, 1.82) is 0 Å². The number of aromatic nitrogens is 4. The summed E-state index contributed by atoms with van der Waals surface area (Å²) in [6.45, 7) is 2.22. The van der Waals surface area contributed by atoms with Crippen LogP contribution in [0.15, 0.2) is 24.7 Å². The maximum Gasteiger partial charge on any atom is 0.417 e. The molecule has 0 radical (unpaired) electrons. The molecule has 0 spiro atoms. The lowest BCUT2D eigenvalue weighted by molar-refractivity contribution is -0.137. The van der Waals surface area contributed by atoms with Gasteiger partial charge in [0.1, 0.15) is 6.33 Å². The standard InChI is InChI=1S/C12H14F3N5/c1-8(11-18-7-20(2)19-11)16-6-10-4-3-9(5-17-10)12(13,14)15/h3-5,7-8,16H,6H2,1-2H3. The highest BCUT2D eigenvalue weighted by atomic mass is 19.4. The Hall–Kier alpha value is -1.96. The molecular weight excluding hydrogens is 271 g/mol. The highest BCUT2D eigenvalue weighted by molar-refractivity contribution is 5.16. The molecule has 1 atom stereocenters. The molecule has 0 saturated carbocycles. The van der Waals surface area contributed by atoms with E-state index in [0.717, 1.165) is 12.3 Å². The van der Waals surface area contributed by atoms with E-state index >= 15 is 0 Å². The predicted molar refractivity (Wildman–Crippen MR) is 65.5 cm³/mol. The van der Waals surface area contributed by atoms with Gasteiger partial charge in [0.25, 0.3) is 0 Å². The van der Waals surface area contributed by atoms with E-state index < -0.39 is 11.7 Å². The second kappa shape index (κ2) is 5.58. The second-order valence-electron chi connectivity index (χ2n) is 4.41. The van der Waals surface area contributed by atoms with Crippen LogP contribution >= 0.6 is 0 Å². The Bertz CT molecular complexity index is 561. The number of hydrogen-bond donors (Lipinski definition) is 1. The molecule has 8 heteroatoms. The lowest BCUT2D eigenvalue weighted by Gasteiger charge is -2.11. The molecule has 108 valence electrons. The summed E-state index contributed by atoms with van der Waals surface area (Å²) in [4.78, 5) is 7.88. The lowest BCUT2D eigenvalue weighted by Crippen LogP contribution is -2.20. The molecule has 0 aromatic carbocycles. The molecule has 1 unspecified atom stereocenters. The van der Waals surface area contributed by atoms with Gasteiger partial charge in [0.2, 0.25) is 0 Å². The molecule has 0 aliphatic heterocycles. The van der Waals surface area contributed by atoms with Gasteiger partial charge < -0.3 is 5.32 Å². The number of hydrogen-bond acceptors (Lipinski definition) is 4. The summed E-state index contributed by atoms with van der Waals surface area (Å²) in [5, 5.41) is 7.25. The molecule has 0 bridgehead atoms. The smallest absolute Gasteiger partial charge is 0.302 e. The van der Waals surface area contributed by atoms with Gasteiger partial charge in [0.05, 0.1) is 17.3 Å². The number of pyridine rings is 1. The van der Waals surface area contributed by atoms with Crippen LogP contribution in [0.1, 0.15) is 30.0 Å². The summed E-state index contributed by atoms with van der Waals surface area (Å²) < 4.78 is 38.7. The van der Waals surface area contributed by atoms with Crippen molar-refractivity contribution in [2.75, 3.05) is 0 Å². The molecular formula is C12H14F3N5. The minimum Gasteiger partial charge on any atom is -0.302 e. The van der Waals surface area contributed by atoms with E-state index in [1.165, 1.54) is 6.07 Å². The molecule has 2 rings (SSSR count). The Kier molecular flexibility index (Phi) is 4.03. The highest BCUT2D eigenvalue weighted by Crippen LogP contribution is 2.28. The fourth-order valence-electron chi connectivity index (χ4n) is 1.60. The Morgan fingerprint density at radius 1 is 1.30 bits per heavy atom.